The molecule has 3 aromatic rings. The number of nitro benzene ring substituents is 1. The lowest BCUT2D eigenvalue weighted by atomic mass is 10.1. The Hall–Kier alpha value is -3.27. The van der Waals surface area contributed by atoms with Crippen molar-refractivity contribution in [2.45, 2.75) is 31.0 Å². The Kier molecular flexibility index (Phi) is 5.26. The molecule has 1 N–H and O–H groups in total. The first-order valence-corrected chi connectivity index (χ1v) is 10.0. The van der Waals surface area contributed by atoms with E-state index < -0.39 is 4.92 Å². The minimum Gasteiger partial charge on any atom is -0.319 e. The smallest absolute Gasteiger partial charge is 0.293 e. The second-order valence-corrected chi connectivity index (χ2v) is 7.65. The maximum atomic E-state index is 12.5. The van der Waals surface area contributed by atoms with Crippen LogP contribution in [0.1, 0.15) is 24.4 Å². The summed E-state index contributed by atoms with van der Waals surface area (Å²) in [4.78, 5) is 27.3. The highest BCUT2D eigenvalue weighted by Gasteiger charge is 2.30. The van der Waals surface area contributed by atoms with Crippen molar-refractivity contribution in [3.05, 3.63) is 58.4 Å². The first-order chi connectivity index (χ1) is 14.0. The monoisotopic (exact) mass is 410 g/mol. The van der Waals surface area contributed by atoms with Gasteiger partial charge in [-0.1, -0.05) is 23.9 Å². The Bertz CT molecular complexity index is 1070. The average Bonchev–Trinajstić information content (AvgIpc) is 3.47. The second kappa shape index (κ2) is 8.00. The fraction of sp³-hybridized carbons (Fsp3) is 0.263. The number of aromatic nitrogens is 4. The van der Waals surface area contributed by atoms with E-state index in [0.29, 0.717) is 16.8 Å². The van der Waals surface area contributed by atoms with E-state index in [1.54, 1.807) is 31.5 Å². The molecule has 0 radical (unpaired) electrons. The predicted octanol–water partition coefficient (Wildman–Crippen LogP) is 3.62. The molecule has 4 rings (SSSR count). The molecule has 0 spiro atoms. The molecule has 0 saturated heterocycles. The highest BCUT2D eigenvalue weighted by molar-refractivity contribution is 7.99. The van der Waals surface area contributed by atoms with Crippen LogP contribution in [0.4, 0.5) is 11.4 Å². The maximum Gasteiger partial charge on any atom is 0.293 e. The number of amides is 1. The van der Waals surface area contributed by atoms with Crippen LogP contribution in [0.25, 0.3) is 11.4 Å². The normalized spacial score (nSPS) is 13.3. The van der Waals surface area contributed by atoms with E-state index in [1.165, 1.54) is 17.8 Å². The molecule has 0 unspecified atom stereocenters. The molecular weight excluding hydrogens is 392 g/mol. The lowest BCUT2D eigenvalue weighted by Gasteiger charge is -2.10. The molecule has 148 valence electrons. The Labute approximate surface area is 170 Å². The topological polar surface area (TPSA) is 116 Å². The van der Waals surface area contributed by atoms with E-state index in [4.69, 9.17) is 0 Å². The van der Waals surface area contributed by atoms with Gasteiger partial charge in [-0.2, -0.15) is 0 Å². The number of aryl methyl sites for hydroxylation is 1. The van der Waals surface area contributed by atoms with Gasteiger partial charge >= 0.3 is 0 Å². The number of carbonyl (C=O) groups is 1. The standard InChI is InChI=1S/C19H18N6O3S/c1-12-4-2-6-15(25(27)28)17(12)21-16(26)11-29-19-23-22-18(24(19)14-7-8-14)13-5-3-9-20-10-13/h2-6,9-10,14H,7-8,11H2,1H3,(H,21,26). The van der Waals surface area contributed by atoms with E-state index in [0.717, 1.165) is 24.2 Å². The van der Waals surface area contributed by atoms with Gasteiger partial charge in [-0.25, -0.2) is 0 Å². The molecule has 1 saturated carbocycles. The number of para-hydroxylation sites is 1. The summed E-state index contributed by atoms with van der Waals surface area (Å²) in [5, 5.41) is 23.1. The summed E-state index contributed by atoms with van der Waals surface area (Å²) in [6, 6.07) is 8.78. The zero-order chi connectivity index (χ0) is 20.4. The van der Waals surface area contributed by atoms with E-state index in [2.05, 4.69) is 20.5 Å². The van der Waals surface area contributed by atoms with Gasteiger partial charge in [0, 0.05) is 30.1 Å². The molecule has 2 aromatic heterocycles. The summed E-state index contributed by atoms with van der Waals surface area (Å²) >= 11 is 1.27. The van der Waals surface area contributed by atoms with Gasteiger partial charge in [0.1, 0.15) is 5.69 Å². The molecule has 1 fully saturated rings. The molecule has 1 aliphatic rings. The zero-order valence-electron chi connectivity index (χ0n) is 15.6. The number of hydrogen-bond acceptors (Lipinski definition) is 7. The third-order valence-electron chi connectivity index (χ3n) is 4.54. The number of benzene rings is 1. The third-order valence-corrected chi connectivity index (χ3v) is 5.48. The lowest BCUT2D eigenvalue weighted by Crippen LogP contribution is -2.16. The third kappa shape index (κ3) is 4.11. The average molecular weight is 410 g/mol. The molecule has 1 aromatic carbocycles. The Balaban J connectivity index is 1.50. The summed E-state index contributed by atoms with van der Waals surface area (Å²) in [6.45, 7) is 1.72. The minimum absolute atomic E-state index is 0.0728. The number of pyridine rings is 1. The lowest BCUT2D eigenvalue weighted by molar-refractivity contribution is -0.384. The van der Waals surface area contributed by atoms with E-state index in [1.807, 2.05) is 16.7 Å². The van der Waals surface area contributed by atoms with Gasteiger partial charge in [-0.05, 0) is 37.5 Å². The van der Waals surface area contributed by atoms with Crippen LogP contribution >= 0.6 is 11.8 Å². The Morgan fingerprint density at radius 3 is 2.83 bits per heavy atom. The van der Waals surface area contributed by atoms with Crippen molar-refractivity contribution in [3.63, 3.8) is 0 Å². The van der Waals surface area contributed by atoms with Crippen molar-refractivity contribution in [1.82, 2.24) is 19.7 Å². The summed E-state index contributed by atoms with van der Waals surface area (Å²) < 4.78 is 2.05. The zero-order valence-corrected chi connectivity index (χ0v) is 16.4. The first kappa shape index (κ1) is 19.1. The van der Waals surface area contributed by atoms with Crippen LogP contribution in [0.2, 0.25) is 0 Å². The molecule has 1 amide bonds. The van der Waals surface area contributed by atoms with Crippen LogP contribution in [0.5, 0.6) is 0 Å². The molecule has 2 heterocycles. The fourth-order valence-electron chi connectivity index (χ4n) is 3.00. The van der Waals surface area contributed by atoms with Gasteiger partial charge in [-0.3, -0.25) is 24.5 Å². The second-order valence-electron chi connectivity index (χ2n) is 6.71. The number of nitrogens with zero attached hydrogens (tertiary/aromatic N) is 5. The number of hydrogen-bond donors (Lipinski definition) is 1. The van der Waals surface area contributed by atoms with Crippen LogP contribution in [-0.4, -0.2) is 36.3 Å². The van der Waals surface area contributed by atoms with Gasteiger partial charge in [0.15, 0.2) is 11.0 Å². The van der Waals surface area contributed by atoms with Crippen LogP contribution in [0.15, 0.2) is 47.9 Å². The predicted molar refractivity (Wildman–Crippen MR) is 109 cm³/mol. The van der Waals surface area contributed by atoms with Crippen molar-refractivity contribution >= 4 is 29.0 Å². The van der Waals surface area contributed by atoms with Gasteiger partial charge < -0.3 is 5.32 Å². The summed E-state index contributed by atoms with van der Waals surface area (Å²) in [6.07, 6.45) is 5.52. The molecule has 0 atom stereocenters. The number of thioether (sulfide) groups is 1. The molecule has 0 aliphatic heterocycles. The van der Waals surface area contributed by atoms with Gasteiger partial charge in [0.2, 0.25) is 5.91 Å². The molecule has 1 aliphatic carbocycles. The first-order valence-electron chi connectivity index (χ1n) is 9.06. The van der Waals surface area contributed by atoms with E-state index >= 15 is 0 Å². The molecular formula is C19H18N6O3S. The van der Waals surface area contributed by atoms with Crippen LogP contribution in [0.3, 0.4) is 0 Å². The number of anilines is 1. The highest BCUT2D eigenvalue weighted by atomic mass is 32.2. The van der Waals surface area contributed by atoms with Crippen molar-refractivity contribution in [2.75, 3.05) is 11.1 Å². The summed E-state index contributed by atoms with van der Waals surface area (Å²) in [5.41, 5.74) is 1.61. The number of rotatable bonds is 7. The van der Waals surface area contributed by atoms with E-state index in [-0.39, 0.29) is 23.0 Å². The molecule has 0 bridgehead atoms. The van der Waals surface area contributed by atoms with Crippen LogP contribution < -0.4 is 5.32 Å². The van der Waals surface area contributed by atoms with Gasteiger partial charge in [-0.15, -0.1) is 10.2 Å². The minimum atomic E-state index is -0.500. The van der Waals surface area contributed by atoms with Crippen LogP contribution in [0, 0.1) is 17.0 Å². The SMILES string of the molecule is Cc1cccc([N+](=O)[O-])c1NC(=O)CSc1nnc(-c2cccnc2)n1C1CC1. The molecule has 29 heavy (non-hydrogen) atoms. The van der Waals surface area contributed by atoms with Crippen molar-refractivity contribution in [1.29, 1.82) is 0 Å². The number of carbonyl (C=O) groups excluding carboxylic acids is 1. The van der Waals surface area contributed by atoms with Crippen molar-refractivity contribution < 1.29 is 9.72 Å². The summed E-state index contributed by atoms with van der Waals surface area (Å²) in [5.74, 6) is 0.474. The summed E-state index contributed by atoms with van der Waals surface area (Å²) in [7, 11) is 0. The fourth-order valence-corrected chi connectivity index (χ4v) is 3.81. The Morgan fingerprint density at radius 1 is 1.31 bits per heavy atom. The van der Waals surface area contributed by atoms with Crippen molar-refractivity contribution in [2.24, 2.45) is 0 Å². The molecule has 10 heteroatoms. The van der Waals surface area contributed by atoms with Gasteiger partial charge in [0.25, 0.3) is 5.69 Å². The largest absolute Gasteiger partial charge is 0.319 e. The maximum absolute atomic E-state index is 12.5. The Morgan fingerprint density at radius 2 is 2.14 bits per heavy atom. The quantitative estimate of drug-likeness (QED) is 0.359. The van der Waals surface area contributed by atoms with Gasteiger partial charge in [0.05, 0.1) is 10.7 Å². The number of nitrogens with one attached hydrogen (secondary N) is 1. The highest BCUT2D eigenvalue weighted by Crippen LogP contribution is 2.41. The van der Waals surface area contributed by atoms with Crippen LogP contribution in [-0.2, 0) is 4.79 Å². The number of nitro groups is 1. The van der Waals surface area contributed by atoms with E-state index in [9.17, 15) is 14.9 Å². The molecule has 9 nitrogen and oxygen atoms in total. The van der Waals surface area contributed by atoms with Crippen molar-refractivity contribution in [3.8, 4) is 11.4 Å².